The molecule has 0 saturated heterocycles. The first kappa shape index (κ1) is 16.5. The van der Waals surface area contributed by atoms with Gasteiger partial charge in [-0.15, -0.1) is 0 Å². The zero-order valence-corrected chi connectivity index (χ0v) is 14.7. The maximum absolute atomic E-state index is 12.4. The van der Waals surface area contributed by atoms with Gasteiger partial charge in [0.25, 0.3) is 0 Å². The fourth-order valence-electron chi connectivity index (χ4n) is 3.31. The van der Waals surface area contributed by atoms with Crippen molar-refractivity contribution in [2.45, 2.75) is 25.8 Å². The van der Waals surface area contributed by atoms with Crippen LogP contribution in [-0.2, 0) is 11.2 Å². The van der Waals surface area contributed by atoms with Gasteiger partial charge in [-0.3, -0.25) is 4.79 Å². The summed E-state index contributed by atoms with van der Waals surface area (Å²) >= 11 is 0. The number of aromatic nitrogens is 1. The molecule has 1 amide bonds. The summed E-state index contributed by atoms with van der Waals surface area (Å²) in [6.45, 7) is 3.11. The van der Waals surface area contributed by atoms with E-state index in [-0.39, 0.29) is 11.9 Å². The molecule has 26 heavy (non-hydrogen) atoms. The molecular formula is C21H22N2O3. The molecule has 5 heteroatoms. The third-order valence-corrected chi connectivity index (χ3v) is 4.74. The molecule has 1 aliphatic heterocycles. The molecule has 1 aromatic heterocycles. The minimum absolute atomic E-state index is 0.0395. The second-order valence-electron chi connectivity index (χ2n) is 6.55. The molecule has 3 aromatic rings. The molecular weight excluding hydrogens is 328 g/mol. The van der Waals surface area contributed by atoms with Gasteiger partial charge >= 0.3 is 0 Å². The Labute approximate surface area is 152 Å². The van der Waals surface area contributed by atoms with Crippen molar-refractivity contribution in [3.8, 4) is 11.5 Å². The third-order valence-electron chi connectivity index (χ3n) is 4.74. The van der Waals surface area contributed by atoms with Crippen molar-refractivity contribution in [2.24, 2.45) is 0 Å². The summed E-state index contributed by atoms with van der Waals surface area (Å²) in [7, 11) is 0. The van der Waals surface area contributed by atoms with Crippen molar-refractivity contribution in [3.63, 3.8) is 0 Å². The van der Waals surface area contributed by atoms with Crippen molar-refractivity contribution in [1.82, 2.24) is 10.3 Å². The van der Waals surface area contributed by atoms with Crippen LogP contribution in [0.5, 0.6) is 11.5 Å². The van der Waals surface area contributed by atoms with Crippen LogP contribution in [0.1, 0.15) is 30.5 Å². The molecule has 0 fully saturated rings. The summed E-state index contributed by atoms with van der Waals surface area (Å²) in [6.07, 6.45) is 3.16. The topological polar surface area (TPSA) is 63.4 Å². The Morgan fingerprint density at radius 3 is 2.85 bits per heavy atom. The zero-order valence-electron chi connectivity index (χ0n) is 14.7. The van der Waals surface area contributed by atoms with Crippen LogP contribution in [0.3, 0.4) is 0 Å². The molecule has 0 spiro atoms. The average Bonchev–Trinajstić information content (AvgIpc) is 3.09. The van der Waals surface area contributed by atoms with E-state index in [1.165, 1.54) is 10.9 Å². The van der Waals surface area contributed by atoms with Gasteiger partial charge in [0, 0.05) is 23.5 Å². The van der Waals surface area contributed by atoms with Crippen molar-refractivity contribution in [2.75, 3.05) is 13.2 Å². The number of hydrogen-bond acceptors (Lipinski definition) is 3. The van der Waals surface area contributed by atoms with Crippen LogP contribution < -0.4 is 14.8 Å². The molecule has 2 aromatic carbocycles. The molecule has 4 rings (SSSR count). The lowest BCUT2D eigenvalue weighted by Gasteiger charge is -2.21. The predicted molar refractivity (Wildman–Crippen MR) is 101 cm³/mol. The van der Waals surface area contributed by atoms with Gasteiger partial charge in [-0.2, -0.15) is 0 Å². The number of nitrogens with one attached hydrogen (secondary N) is 2. The summed E-state index contributed by atoms with van der Waals surface area (Å²) in [5.74, 6) is 1.55. The highest BCUT2D eigenvalue weighted by atomic mass is 16.6. The Bertz CT molecular complexity index is 932. The fourth-order valence-corrected chi connectivity index (χ4v) is 3.31. The van der Waals surface area contributed by atoms with Gasteiger partial charge in [-0.1, -0.05) is 24.3 Å². The molecule has 1 aliphatic rings. The summed E-state index contributed by atoms with van der Waals surface area (Å²) in [5.41, 5.74) is 3.28. The van der Waals surface area contributed by atoms with Gasteiger partial charge in [0.15, 0.2) is 11.5 Å². The van der Waals surface area contributed by atoms with Gasteiger partial charge in [0.2, 0.25) is 5.91 Å². The maximum atomic E-state index is 12.4. The van der Waals surface area contributed by atoms with Crippen LogP contribution in [0.4, 0.5) is 0 Å². The van der Waals surface area contributed by atoms with Crippen LogP contribution in [0.2, 0.25) is 0 Å². The van der Waals surface area contributed by atoms with E-state index in [1.54, 1.807) is 0 Å². The summed E-state index contributed by atoms with van der Waals surface area (Å²) < 4.78 is 11.2. The van der Waals surface area contributed by atoms with Gasteiger partial charge in [0.05, 0.1) is 6.04 Å². The van der Waals surface area contributed by atoms with Crippen molar-refractivity contribution in [3.05, 3.63) is 59.8 Å². The second kappa shape index (κ2) is 7.12. The first-order valence-corrected chi connectivity index (χ1v) is 8.94. The van der Waals surface area contributed by atoms with Gasteiger partial charge in [-0.25, -0.2) is 0 Å². The van der Waals surface area contributed by atoms with Crippen molar-refractivity contribution < 1.29 is 14.3 Å². The van der Waals surface area contributed by atoms with Gasteiger partial charge < -0.3 is 19.8 Å². The highest BCUT2D eigenvalue weighted by Crippen LogP contribution is 2.32. The van der Waals surface area contributed by atoms with Gasteiger partial charge in [0.1, 0.15) is 13.2 Å². The van der Waals surface area contributed by atoms with Crippen LogP contribution in [0, 0.1) is 0 Å². The molecule has 0 radical (unpaired) electrons. The van der Waals surface area contributed by atoms with E-state index in [0.29, 0.717) is 26.1 Å². The van der Waals surface area contributed by atoms with E-state index in [2.05, 4.69) is 16.4 Å². The lowest BCUT2D eigenvalue weighted by molar-refractivity contribution is -0.121. The highest BCUT2D eigenvalue weighted by molar-refractivity contribution is 5.84. The Balaban J connectivity index is 1.37. The second-order valence-corrected chi connectivity index (χ2v) is 6.55. The number of carbonyl (C=O) groups excluding carboxylic acids is 1. The SMILES string of the molecule is C[C@@H](NC(=O)CCc1c[nH]c2ccccc12)c1ccc2c(c1)OCCO2. The van der Waals surface area contributed by atoms with Crippen LogP contribution in [0.25, 0.3) is 10.9 Å². The third kappa shape index (κ3) is 3.38. The normalized spacial score (nSPS) is 14.2. The van der Waals surface area contributed by atoms with E-state index < -0.39 is 0 Å². The quantitative estimate of drug-likeness (QED) is 0.737. The molecule has 2 heterocycles. The minimum atomic E-state index is -0.0821. The molecule has 0 saturated carbocycles. The van der Waals surface area contributed by atoms with E-state index >= 15 is 0 Å². The van der Waals surface area contributed by atoms with E-state index in [4.69, 9.17) is 9.47 Å². The first-order valence-electron chi connectivity index (χ1n) is 8.94. The van der Waals surface area contributed by atoms with E-state index in [9.17, 15) is 4.79 Å². The number of aryl methyl sites for hydroxylation is 1. The summed E-state index contributed by atoms with van der Waals surface area (Å²) in [6, 6.07) is 13.9. The summed E-state index contributed by atoms with van der Waals surface area (Å²) in [5, 5.41) is 4.25. The number of ether oxygens (including phenoxy) is 2. The van der Waals surface area contributed by atoms with Crippen molar-refractivity contribution >= 4 is 16.8 Å². The molecule has 5 nitrogen and oxygen atoms in total. The number of fused-ring (bicyclic) bond motifs is 2. The van der Waals surface area contributed by atoms with Crippen LogP contribution in [-0.4, -0.2) is 24.1 Å². The average molecular weight is 350 g/mol. The Kier molecular flexibility index (Phi) is 4.52. The molecule has 0 unspecified atom stereocenters. The van der Waals surface area contributed by atoms with Crippen LogP contribution >= 0.6 is 0 Å². The number of hydrogen-bond donors (Lipinski definition) is 2. The van der Waals surface area contributed by atoms with E-state index in [0.717, 1.165) is 22.6 Å². The largest absolute Gasteiger partial charge is 0.486 e. The zero-order chi connectivity index (χ0) is 17.9. The Morgan fingerprint density at radius 1 is 1.15 bits per heavy atom. The number of aromatic amines is 1. The molecule has 0 aliphatic carbocycles. The standard InChI is InChI=1S/C21H22N2O3/c1-14(15-6-8-19-20(12-15)26-11-10-25-19)23-21(24)9-7-16-13-22-18-5-3-2-4-17(16)18/h2-6,8,12-14,22H,7,9-11H2,1H3,(H,23,24)/t14-/m1/s1. The number of rotatable bonds is 5. The lowest BCUT2D eigenvalue weighted by atomic mass is 10.1. The smallest absolute Gasteiger partial charge is 0.220 e. The predicted octanol–water partition coefficient (Wildman–Crippen LogP) is 3.75. The molecule has 0 bridgehead atoms. The Hall–Kier alpha value is -2.95. The molecule has 134 valence electrons. The molecule has 1 atom stereocenters. The van der Waals surface area contributed by atoms with Crippen LogP contribution in [0.15, 0.2) is 48.7 Å². The lowest BCUT2D eigenvalue weighted by Crippen LogP contribution is -2.27. The number of H-pyrrole nitrogens is 1. The van der Waals surface area contributed by atoms with Gasteiger partial charge in [-0.05, 0) is 42.7 Å². The highest BCUT2D eigenvalue weighted by Gasteiger charge is 2.16. The fraction of sp³-hybridized carbons (Fsp3) is 0.286. The summed E-state index contributed by atoms with van der Waals surface area (Å²) in [4.78, 5) is 15.6. The minimum Gasteiger partial charge on any atom is -0.486 e. The van der Waals surface area contributed by atoms with Crippen molar-refractivity contribution in [1.29, 1.82) is 0 Å². The number of carbonyl (C=O) groups is 1. The Morgan fingerprint density at radius 2 is 1.96 bits per heavy atom. The number of amides is 1. The number of para-hydroxylation sites is 1. The maximum Gasteiger partial charge on any atom is 0.220 e. The van der Waals surface area contributed by atoms with E-state index in [1.807, 2.05) is 49.5 Å². The number of benzene rings is 2. The monoisotopic (exact) mass is 350 g/mol. The molecule has 2 N–H and O–H groups in total. The first-order chi connectivity index (χ1) is 12.7.